The first-order chi connectivity index (χ1) is 8.13. The van der Waals surface area contributed by atoms with E-state index in [1.807, 2.05) is 0 Å². The van der Waals surface area contributed by atoms with E-state index in [2.05, 4.69) is 15.0 Å². The van der Waals surface area contributed by atoms with Crippen molar-refractivity contribution in [2.75, 3.05) is 12.4 Å². The minimum Gasteiger partial charge on any atom is -0.467 e. The normalized spacial score (nSPS) is 16.4. The van der Waals surface area contributed by atoms with E-state index in [0.717, 1.165) is 12.8 Å². The number of nitrogens with one attached hydrogen (secondary N) is 1. The molecule has 2 rings (SSSR count). The van der Waals surface area contributed by atoms with E-state index in [1.165, 1.54) is 7.11 Å². The molecule has 1 N–H and O–H groups in total. The van der Waals surface area contributed by atoms with Gasteiger partial charge >= 0.3 is 5.97 Å². The van der Waals surface area contributed by atoms with Crippen LogP contribution in [0.15, 0.2) is 17.2 Å². The third-order valence-electron chi connectivity index (χ3n) is 2.72. The molecule has 0 amide bonds. The average molecular weight is 237 g/mol. The van der Waals surface area contributed by atoms with Crippen molar-refractivity contribution >= 4 is 11.8 Å². The van der Waals surface area contributed by atoms with Gasteiger partial charge in [0.1, 0.15) is 6.04 Å². The Labute approximate surface area is 98.6 Å². The minimum atomic E-state index is -0.588. The predicted molar refractivity (Wildman–Crippen MR) is 61.9 cm³/mol. The summed E-state index contributed by atoms with van der Waals surface area (Å²) >= 11 is 0. The molecule has 0 radical (unpaired) electrons. The molecule has 17 heavy (non-hydrogen) atoms. The molecule has 1 fully saturated rings. The van der Waals surface area contributed by atoms with Crippen molar-refractivity contribution < 1.29 is 9.53 Å². The lowest BCUT2D eigenvalue weighted by molar-refractivity contribution is -0.141. The first-order valence-corrected chi connectivity index (χ1v) is 5.55. The Morgan fingerprint density at radius 3 is 2.94 bits per heavy atom. The summed E-state index contributed by atoms with van der Waals surface area (Å²) in [5, 5.41) is 2.76. The Bertz CT molecular complexity index is 479. The molecule has 0 bridgehead atoms. The Morgan fingerprint density at radius 2 is 2.35 bits per heavy atom. The van der Waals surface area contributed by atoms with E-state index in [4.69, 9.17) is 0 Å². The molecule has 1 aliphatic rings. The summed E-state index contributed by atoms with van der Waals surface area (Å²) in [4.78, 5) is 27.2. The van der Waals surface area contributed by atoms with Crippen LogP contribution in [0.2, 0.25) is 0 Å². The van der Waals surface area contributed by atoms with Crippen LogP contribution in [-0.4, -0.2) is 28.7 Å². The summed E-state index contributed by atoms with van der Waals surface area (Å²) in [6.07, 6.45) is 5.28. The van der Waals surface area contributed by atoms with E-state index in [1.54, 1.807) is 23.9 Å². The maximum atomic E-state index is 12.0. The highest BCUT2D eigenvalue weighted by molar-refractivity contribution is 5.78. The van der Waals surface area contributed by atoms with E-state index in [-0.39, 0.29) is 11.4 Å². The standard InChI is InChI=1S/C11H15N3O3/c1-7(11(16)17-2)13-9-10(15)14(6-5-12-9)8-3-4-8/h5-8H,3-4H2,1-2H3,(H,12,13). The lowest BCUT2D eigenvalue weighted by Crippen LogP contribution is -2.32. The van der Waals surface area contributed by atoms with Crippen molar-refractivity contribution in [2.24, 2.45) is 0 Å². The zero-order chi connectivity index (χ0) is 12.4. The molecule has 1 heterocycles. The van der Waals surface area contributed by atoms with Crippen LogP contribution < -0.4 is 10.9 Å². The van der Waals surface area contributed by atoms with Gasteiger partial charge in [-0.2, -0.15) is 0 Å². The summed E-state index contributed by atoms with van der Waals surface area (Å²) in [5.74, 6) is -0.231. The van der Waals surface area contributed by atoms with Crippen molar-refractivity contribution in [2.45, 2.75) is 31.8 Å². The smallest absolute Gasteiger partial charge is 0.328 e. The molecule has 6 nitrogen and oxygen atoms in total. The molecule has 1 aliphatic carbocycles. The van der Waals surface area contributed by atoms with E-state index < -0.39 is 12.0 Å². The zero-order valence-corrected chi connectivity index (χ0v) is 9.84. The third kappa shape index (κ3) is 2.46. The number of hydrogen-bond donors (Lipinski definition) is 1. The number of carbonyl (C=O) groups excluding carboxylic acids is 1. The first-order valence-electron chi connectivity index (χ1n) is 5.55. The van der Waals surface area contributed by atoms with Gasteiger partial charge in [-0.1, -0.05) is 0 Å². The molecule has 1 aromatic heterocycles. The van der Waals surface area contributed by atoms with Gasteiger partial charge in [0.2, 0.25) is 0 Å². The largest absolute Gasteiger partial charge is 0.467 e. The second-order valence-corrected chi connectivity index (χ2v) is 4.11. The highest BCUT2D eigenvalue weighted by Crippen LogP contribution is 2.33. The molecule has 1 atom stereocenters. The average Bonchev–Trinajstić information content (AvgIpc) is 3.14. The summed E-state index contributed by atoms with van der Waals surface area (Å²) in [7, 11) is 1.31. The molecule has 0 spiro atoms. The fourth-order valence-corrected chi connectivity index (χ4v) is 1.60. The topological polar surface area (TPSA) is 73.2 Å². The molecular formula is C11H15N3O3. The van der Waals surface area contributed by atoms with Gasteiger partial charge in [-0.15, -0.1) is 0 Å². The number of carbonyl (C=O) groups is 1. The van der Waals surface area contributed by atoms with Crippen LogP contribution in [0.1, 0.15) is 25.8 Å². The van der Waals surface area contributed by atoms with E-state index in [9.17, 15) is 9.59 Å². The van der Waals surface area contributed by atoms with Crippen molar-refractivity contribution in [3.05, 3.63) is 22.7 Å². The van der Waals surface area contributed by atoms with Gasteiger partial charge in [-0.05, 0) is 19.8 Å². The molecule has 0 aromatic carbocycles. The van der Waals surface area contributed by atoms with Crippen LogP contribution in [-0.2, 0) is 9.53 Å². The van der Waals surface area contributed by atoms with Gasteiger partial charge in [-0.25, -0.2) is 9.78 Å². The van der Waals surface area contributed by atoms with Gasteiger partial charge in [0.25, 0.3) is 5.56 Å². The van der Waals surface area contributed by atoms with Gasteiger partial charge in [0, 0.05) is 18.4 Å². The lowest BCUT2D eigenvalue weighted by Gasteiger charge is -2.12. The van der Waals surface area contributed by atoms with E-state index >= 15 is 0 Å². The summed E-state index contributed by atoms with van der Waals surface area (Å²) in [6, 6.07) is -0.297. The SMILES string of the molecule is COC(=O)C(C)Nc1nccn(C2CC2)c1=O. The lowest BCUT2D eigenvalue weighted by atomic mass is 10.3. The highest BCUT2D eigenvalue weighted by Gasteiger charge is 2.25. The zero-order valence-electron chi connectivity index (χ0n) is 9.84. The Hall–Kier alpha value is -1.85. The van der Waals surface area contributed by atoms with Crippen molar-refractivity contribution in [3.8, 4) is 0 Å². The molecule has 0 saturated heterocycles. The van der Waals surface area contributed by atoms with Crippen molar-refractivity contribution in [1.29, 1.82) is 0 Å². The van der Waals surface area contributed by atoms with Crippen molar-refractivity contribution in [1.82, 2.24) is 9.55 Å². The number of nitrogens with zero attached hydrogens (tertiary/aromatic N) is 2. The second-order valence-electron chi connectivity index (χ2n) is 4.11. The second kappa shape index (κ2) is 4.57. The fraction of sp³-hybridized carbons (Fsp3) is 0.545. The molecule has 0 aliphatic heterocycles. The number of aromatic nitrogens is 2. The molecule has 1 saturated carbocycles. The van der Waals surface area contributed by atoms with Gasteiger partial charge in [0.15, 0.2) is 5.82 Å². The van der Waals surface area contributed by atoms with E-state index in [0.29, 0.717) is 6.04 Å². The molecule has 1 aromatic rings. The van der Waals surface area contributed by atoms with Crippen LogP contribution in [0, 0.1) is 0 Å². The number of methoxy groups -OCH3 is 1. The van der Waals surface area contributed by atoms with Crippen molar-refractivity contribution in [3.63, 3.8) is 0 Å². The maximum absolute atomic E-state index is 12.0. The summed E-state index contributed by atoms with van der Waals surface area (Å²) in [6.45, 7) is 1.63. The van der Waals surface area contributed by atoms with Crippen LogP contribution in [0.3, 0.4) is 0 Å². The van der Waals surface area contributed by atoms with Crippen LogP contribution in [0.25, 0.3) is 0 Å². The number of rotatable bonds is 4. The summed E-state index contributed by atoms with van der Waals surface area (Å²) in [5.41, 5.74) is -0.189. The number of hydrogen-bond acceptors (Lipinski definition) is 5. The van der Waals surface area contributed by atoms with Gasteiger partial charge in [0.05, 0.1) is 7.11 Å². The Morgan fingerprint density at radius 1 is 1.65 bits per heavy atom. The molecule has 1 unspecified atom stereocenters. The maximum Gasteiger partial charge on any atom is 0.328 e. The fourth-order valence-electron chi connectivity index (χ4n) is 1.60. The van der Waals surface area contributed by atoms with Gasteiger partial charge < -0.3 is 14.6 Å². The number of esters is 1. The highest BCUT2D eigenvalue weighted by atomic mass is 16.5. The van der Waals surface area contributed by atoms with Crippen LogP contribution >= 0.6 is 0 Å². The minimum absolute atomic E-state index is 0.189. The summed E-state index contributed by atoms with van der Waals surface area (Å²) < 4.78 is 6.23. The predicted octanol–water partition coefficient (Wildman–Crippen LogP) is 0.552. The van der Waals surface area contributed by atoms with Gasteiger partial charge in [-0.3, -0.25) is 4.79 Å². The third-order valence-corrected chi connectivity index (χ3v) is 2.72. The number of anilines is 1. The van der Waals surface area contributed by atoms with Crippen LogP contribution in [0.4, 0.5) is 5.82 Å². The molecule has 6 heteroatoms. The Balaban J connectivity index is 2.18. The molecule has 92 valence electrons. The molecular weight excluding hydrogens is 222 g/mol. The monoisotopic (exact) mass is 237 g/mol. The Kier molecular flexibility index (Phi) is 3.12. The first kappa shape index (κ1) is 11.6. The quantitative estimate of drug-likeness (QED) is 0.774. The number of ether oxygens (including phenoxy) is 1. The van der Waals surface area contributed by atoms with Crippen LogP contribution in [0.5, 0.6) is 0 Å².